The monoisotopic (exact) mass is 446 g/mol. The molecule has 0 aliphatic rings. The van der Waals surface area contributed by atoms with E-state index in [9.17, 15) is 19.7 Å². The minimum absolute atomic E-state index is 0.0409. The Hall–Kier alpha value is -4.66. The zero-order chi connectivity index (χ0) is 23.5. The summed E-state index contributed by atoms with van der Waals surface area (Å²) in [6.07, 6.45) is 0. The van der Waals surface area contributed by atoms with E-state index in [1.807, 2.05) is 12.1 Å². The summed E-state index contributed by atoms with van der Waals surface area (Å²) >= 11 is 0. The number of ether oxygens (including phenoxy) is 2. The summed E-state index contributed by atoms with van der Waals surface area (Å²) in [5, 5.41) is 14.7. The van der Waals surface area contributed by atoms with Crippen LogP contribution in [-0.2, 0) is 0 Å². The second kappa shape index (κ2) is 8.83. The van der Waals surface area contributed by atoms with Crippen molar-refractivity contribution in [3.63, 3.8) is 0 Å². The van der Waals surface area contributed by atoms with Gasteiger partial charge < -0.3 is 19.2 Å². The van der Waals surface area contributed by atoms with Gasteiger partial charge in [-0.1, -0.05) is 24.3 Å². The molecule has 0 unspecified atom stereocenters. The lowest BCUT2D eigenvalue weighted by Crippen LogP contribution is -2.13. The van der Waals surface area contributed by atoms with Crippen molar-refractivity contribution >= 4 is 28.3 Å². The molecule has 0 saturated heterocycles. The molecule has 0 saturated carbocycles. The molecule has 1 aromatic heterocycles. The zero-order valence-electron chi connectivity index (χ0n) is 17.7. The van der Waals surface area contributed by atoms with Crippen LogP contribution < -0.4 is 20.4 Å². The SMILES string of the molecule is COc1ccc(-c2cc3ccccc3oc2=O)cc1NC(=O)c1ccc(OC)c([N+](=O)[O-])c1. The first-order valence-corrected chi connectivity index (χ1v) is 9.76. The lowest BCUT2D eigenvalue weighted by molar-refractivity contribution is -0.385. The van der Waals surface area contributed by atoms with Crippen molar-refractivity contribution in [2.24, 2.45) is 0 Å². The van der Waals surface area contributed by atoms with Gasteiger partial charge in [0.2, 0.25) is 0 Å². The molecule has 3 aromatic carbocycles. The maximum atomic E-state index is 12.8. The smallest absolute Gasteiger partial charge is 0.344 e. The standard InChI is InChI=1S/C24H18N2O7/c1-31-21-9-7-14(17-11-15-5-3-4-6-20(15)33-24(17)28)12-18(21)25-23(27)16-8-10-22(32-2)19(13-16)26(29)30/h3-13H,1-2H3,(H,25,27). The topological polar surface area (TPSA) is 121 Å². The first kappa shape index (κ1) is 21.6. The van der Waals surface area contributed by atoms with Gasteiger partial charge in [-0.3, -0.25) is 14.9 Å². The van der Waals surface area contributed by atoms with Crippen LogP contribution in [0.15, 0.2) is 75.9 Å². The minimum Gasteiger partial charge on any atom is -0.495 e. The molecule has 1 N–H and O–H groups in total. The first-order valence-electron chi connectivity index (χ1n) is 9.76. The normalized spacial score (nSPS) is 10.6. The number of nitrogens with one attached hydrogen (secondary N) is 1. The van der Waals surface area contributed by atoms with Crippen LogP contribution in [0, 0.1) is 10.1 Å². The molecule has 0 aliphatic heterocycles. The lowest BCUT2D eigenvalue weighted by atomic mass is 10.0. The van der Waals surface area contributed by atoms with Gasteiger partial charge in [-0.2, -0.15) is 0 Å². The number of anilines is 1. The highest BCUT2D eigenvalue weighted by molar-refractivity contribution is 6.06. The highest BCUT2D eigenvalue weighted by atomic mass is 16.6. The molecule has 4 rings (SSSR count). The number of para-hydroxylation sites is 1. The Morgan fingerprint density at radius 1 is 0.970 bits per heavy atom. The molecule has 9 nitrogen and oxygen atoms in total. The lowest BCUT2D eigenvalue weighted by Gasteiger charge is -2.12. The van der Waals surface area contributed by atoms with E-state index in [-0.39, 0.29) is 22.7 Å². The van der Waals surface area contributed by atoms with Gasteiger partial charge in [-0.05, 0) is 42.0 Å². The average molecular weight is 446 g/mol. The predicted octanol–water partition coefficient (Wildman–Crippen LogP) is 4.64. The summed E-state index contributed by atoms with van der Waals surface area (Å²) in [5.41, 5.74) is 0.764. The number of nitro benzene ring substituents is 1. The Balaban J connectivity index is 1.72. The van der Waals surface area contributed by atoms with Crippen LogP contribution in [0.25, 0.3) is 22.1 Å². The van der Waals surface area contributed by atoms with E-state index in [0.29, 0.717) is 22.5 Å². The molecule has 0 spiro atoms. The van der Waals surface area contributed by atoms with Gasteiger partial charge in [-0.15, -0.1) is 0 Å². The van der Waals surface area contributed by atoms with E-state index in [0.717, 1.165) is 11.5 Å². The highest BCUT2D eigenvalue weighted by Crippen LogP contribution is 2.32. The summed E-state index contributed by atoms with van der Waals surface area (Å²) in [7, 11) is 2.75. The highest BCUT2D eigenvalue weighted by Gasteiger charge is 2.19. The summed E-state index contributed by atoms with van der Waals surface area (Å²) in [6.45, 7) is 0. The fourth-order valence-electron chi connectivity index (χ4n) is 3.40. The van der Waals surface area contributed by atoms with Gasteiger partial charge in [0.1, 0.15) is 11.3 Å². The third-order valence-corrected chi connectivity index (χ3v) is 5.04. The van der Waals surface area contributed by atoms with Crippen molar-refractivity contribution in [3.05, 3.63) is 92.8 Å². The van der Waals surface area contributed by atoms with E-state index in [2.05, 4.69) is 5.32 Å². The van der Waals surface area contributed by atoms with Crippen LogP contribution in [0.1, 0.15) is 10.4 Å². The van der Waals surface area contributed by atoms with E-state index >= 15 is 0 Å². The summed E-state index contributed by atoms with van der Waals surface area (Å²) in [5.74, 6) is -0.207. The number of nitro groups is 1. The van der Waals surface area contributed by atoms with Gasteiger partial charge in [0.05, 0.1) is 30.4 Å². The minimum atomic E-state index is -0.629. The molecule has 166 valence electrons. The molecular formula is C24H18N2O7. The number of carbonyl (C=O) groups is 1. The third-order valence-electron chi connectivity index (χ3n) is 5.04. The molecule has 0 radical (unpaired) electrons. The third kappa shape index (κ3) is 4.24. The Kier molecular flexibility index (Phi) is 5.77. The van der Waals surface area contributed by atoms with Crippen LogP contribution in [0.2, 0.25) is 0 Å². The number of methoxy groups -OCH3 is 2. The van der Waals surface area contributed by atoms with Gasteiger partial charge in [-0.25, -0.2) is 4.79 Å². The van der Waals surface area contributed by atoms with Crippen molar-refractivity contribution in [3.8, 4) is 22.6 Å². The molecular weight excluding hydrogens is 428 g/mol. The van der Waals surface area contributed by atoms with Crippen molar-refractivity contribution in [1.29, 1.82) is 0 Å². The van der Waals surface area contributed by atoms with Gasteiger partial charge in [0.25, 0.3) is 5.91 Å². The molecule has 1 heterocycles. The quantitative estimate of drug-likeness (QED) is 0.260. The van der Waals surface area contributed by atoms with Crippen molar-refractivity contribution in [1.82, 2.24) is 0 Å². The number of hydrogen-bond donors (Lipinski definition) is 1. The summed E-state index contributed by atoms with van der Waals surface area (Å²) in [6, 6.07) is 17.6. The van der Waals surface area contributed by atoms with E-state index in [1.165, 1.54) is 26.4 Å². The Morgan fingerprint density at radius 3 is 2.42 bits per heavy atom. The average Bonchev–Trinajstić information content (AvgIpc) is 2.83. The molecule has 33 heavy (non-hydrogen) atoms. The predicted molar refractivity (Wildman–Crippen MR) is 122 cm³/mol. The van der Waals surface area contributed by atoms with Gasteiger partial charge >= 0.3 is 11.3 Å². The number of amides is 1. The van der Waals surface area contributed by atoms with E-state index in [4.69, 9.17) is 13.9 Å². The number of hydrogen-bond acceptors (Lipinski definition) is 7. The molecule has 0 bridgehead atoms. The summed E-state index contributed by atoms with van der Waals surface area (Å²) < 4.78 is 15.7. The maximum absolute atomic E-state index is 12.8. The van der Waals surface area contributed by atoms with Crippen molar-refractivity contribution in [2.75, 3.05) is 19.5 Å². The Labute approximate surface area is 187 Å². The molecule has 4 aromatic rings. The van der Waals surface area contributed by atoms with Crippen molar-refractivity contribution < 1.29 is 23.6 Å². The first-order chi connectivity index (χ1) is 15.9. The van der Waals surface area contributed by atoms with Crippen LogP contribution in [0.4, 0.5) is 11.4 Å². The Morgan fingerprint density at radius 2 is 1.70 bits per heavy atom. The molecule has 1 amide bonds. The second-order valence-electron chi connectivity index (χ2n) is 7.00. The maximum Gasteiger partial charge on any atom is 0.344 e. The largest absolute Gasteiger partial charge is 0.495 e. The van der Waals surface area contributed by atoms with E-state index < -0.39 is 16.5 Å². The van der Waals surface area contributed by atoms with Gasteiger partial charge in [0.15, 0.2) is 5.75 Å². The second-order valence-corrected chi connectivity index (χ2v) is 7.00. The molecule has 0 aliphatic carbocycles. The molecule has 9 heteroatoms. The van der Waals surface area contributed by atoms with Crippen LogP contribution >= 0.6 is 0 Å². The van der Waals surface area contributed by atoms with Crippen LogP contribution in [0.3, 0.4) is 0 Å². The number of benzene rings is 3. The fourth-order valence-corrected chi connectivity index (χ4v) is 3.40. The number of carbonyl (C=O) groups excluding carboxylic acids is 1. The number of fused-ring (bicyclic) bond motifs is 1. The summed E-state index contributed by atoms with van der Waals surface area (Å²) in [4.78, 5) is 36.0. The van der Waals surface area contributed by atoms with E-state index in [1.54, 1.807) is 36.4 Å². The van der Waals surface area contributed by atoms with Gasteiger partial charge in [0, 0.05) is 17.0 Å². The zero-order valence-corrected chi connectivity index (χ0v) is 17.7. The fraction of sp³-hybridized carbons (Fsp3) is 0.0833. The number of rotatable bonds is 6. The van der Waals surface area contributed by atoms with Crippen molar-refractivity contribution in [2.45, 2.75) is 0 Å². The van der Waals surface area contributed by atoms with Crippen LogP contribution in [0.5, 0.6) is 11.5 Å². The Bertz CT molecular complexity index is 1440. The molecule has 0 fully saturated rings. The molecule has 0 atom stereocenters. The van der Waals surface area contributed by atoms with Crippen LogP contribution in [-0.4, -0.2) is 25.1 Å². The number of nitrogens with zero attached hydrogens (tertiary/aromatic N) is 1.